The minimum atomic E-state index is 0.775. The lowest BCUT2D eigenvalue weighted by Crippen LogP contribution is -1.99. The maximum atomic E-state index is 5.53. The largest absolute Gasteiger partial charge is 0.494 e. The Morgan fingerprint density at radius 1 is 1.29 bits per heavy atom. The number of thiazole rings is 1. The second kappa shape index (κ2) is 6.25. The first-order valence-electron chi connectivity index (χ1n) is 5.73. The second-order valence-corrected chi connectivity index (χ2v) is 4.58. The molecule has 17 heavy (non-hydrogen) atoms. The zero-order valence-corrected chi connectivity index (χ0v) is 10.7. The van der Waals surface area contributed by atoms with E-state index in [1.54, 1.807) is 17.5 Å². The molecule has 90 valence electrons. The van der Waals surface area contributed by atoms with Crippen molar-refractivity contribution >= 4 is 16.5 Å². The molecular weight excluding hydrogens is 232 g/mol. The Morgan fingerprint density at radius 2 is 2.12 bits per heavy atom. The van der Waals surface area contributed by atoms with Crippen LogP contribution in [-0.4, -0.2) is 11.6 Å². The van der Waals surface area contributed by atoms with Crippen LogP contribution in [0.4, 0.5) is 5.13 Å². The fourth-order valence-corrected chi connectivity index (χ4v) is 1.94. The smallest absolute Gasteiger partial charge is 0.182 e. The van der Waals surface area contributed by atoms with Gasteiger partial charge in [0.05, 0.1) is 6.61 Å². The van der Waals surface area contributed by atoms with Gasteiger partial charge in [-0.05, 0) is 24.1 Å². The highest BCUT2D eigenvalue weighted by Gasteiger charge is 1.97. The van der Waals surface area contributed by atoms with Gasteiger partial charge in [0.1, 0.15) is 5.75 Å². The summed E-state index contributed by atoms with van der Waals surface area (Å²) in [5, 5.41) is 6.19. The van der Waals surface area contributed by atoms with Crippen LogP contribution in [0.1, 0.15) is 18.9 Å². The molecule has 0 spiro atoms. The summed E-state index contributed by atoms with van der Waals surface area (Å²) in [5.41, 5.74) is 1.23. The van der Waals surface area contributed by atoms with Gasteiger partial charge in [-0.2, -0.15) is 0 Å². The van der Waals surface area contributed by atoms with Gasteiger partial charge < -0.3 is 10.1 Å². The summed E-state index contributed by atoms with van der Waals surface area (Å²) in [6, 6.07) is 8.17. The molecule has 0 atom stereocenters. The highest BCUT2D eigenvalue weighted by atomic mass is 32.1. The Bertz CT molecular complexity index is 425. The van der Waals surface area contributed by atoms with Gasteiger partial charge in [0.15, 0.2) is 5.13 Å². The zero-order valence-electron chi connectivity index (χ0n) is 9.85. The molecule has 3 nitrogen and oxygen atoms in total. The van der Waals surface area contributed by atoms with Gasteiger partial charge in [-0.25, -0.2) is 4.98 Å². The highest BCUT2D eigenvalue weighted by molar-refractivity contribution is 7.13. The van der Waals surface area contributed by atoms with Crippen molar-refractivity contribution in [1.82, 2.24) is 4.98 Å². The van der Waals surface area contributed by atoms with E-state index in [0.717, 1.165) is 30.5 Å². The molecule has 0 bridgehead atoms. The summed E-state index contributed by atoms with van der Waals surface area (Å²) in [7, 11) is 0. The lowest BCUT2D eigenvalue weighted by Gasteiger charge is -2.06. The molecule has 2 rings (SSSR count). The van der Waals surface area contributed by atoms with Gasteiger partial charge in [0.25, 0.3) is 0 Å². The van der Waals surface area contributed by atoms with Gasteiger partial charge in [-0.15, -0.1) is 11.3 Å². The molecule has 0 aliphatic heterocycles. The predicted molar refractivity (Wildman–Crippen MR) is 71.7 cm³/mol. The molecular formula is C13H16N2OS. The summed E-state index contributed by atoms with van der Waals surface area (Å²) in [4.78, 5) is 4.17. The molecule has 0 saturated carbocycles. The molecule has 0 unspecified atom stereocenters. The molecule has 0 amide bonds. The van der Waals surface area contributed by atoms with Gasteiger partial charge >= 0.3 is 0 Å². The first-order valence-corrected chi connectivity index (χ1v) is 6.61. The zero-order chi connectivity index (χ0) is 11.9. The Kier molecular flexibility index (Phi) is 4.38. The van der Waals surface area contributed by atoms with E-state index in [9.17, 15) is 0 Å². The van der Waals surface area contributed by atoms with Crippen LogP contribution in [0.2, 0.25) is 0 Å². The third-order valence-corrected chi connectivity index (χ3v) is 3.00. The standard InChI is InChI=1S/C13H16N2OS/c1-2-8-16-12-5-3-11(4-6-12)10-15-13-14-7-9-17-13/h3-7,9H,2,8,10H2,1H3,(H,14,15). The van der Waals surface area contributed by atoms with Crippen LogP contribution in [0, 0.1) is 0 Å². The minimum absolute atomic E-state index is 0.775. The van der Waals surface area contributed by atoms with Crippen LogP contribution in [0.25, 0.3) is 0 Å². The van der Waals surface area contributed by atoms with Crippen LogP contribution in [0.5, 0.6) is 5.75 Å². The van der Waals surface area contributed by atoms with Crippen molar-refractivity contribution in [2.45, 2.75) is 19.9 Å². The van der Waals surface area contributed by atoms with Crippen LogP contribution < -0.4 is 10.1 Å². The quantitative estimate of drug-likeness (QED) is 0.849. The average Bonchev–Trinajstić information content (AvgIpc) is 2.88. The molecule has 0 aliphatic carbocycles. The van der Waals surface area contributed by atoms with E-state index < -0.39 is 0 Å². The van der Waals surface area contributed by atoms with Crippen LogP contribution in [0.15, 0.2) is 35.8 Å². The van der Waals surface area contributed by atoms with Gasteiger partial charge in [0.2, 0.25) is 0 Å². The fraction of sp³-hybridized carbons (Fsp3) is 0.308. The van der Waals surface area contributed by atoms with Crippen LogP contribution in [-0.2, 0) is 6.54 Å². The van der Waals surface area contributed by atoms with Crippen molar-refractivity contribution < 1.29 is 4.74 Å². The van der Waals surface area contributed by atoms with E-state index in [0.29, 0.717) is 0 Å². The number of ether oxygens (including phenoxy) is 1. The Balaban J connectivity index is 1.85. The molecule has 1 heterocycles. The Labute approximate surface area is 105 Å². The van der Waals surface area contributed by atoms with E-state index in [1.165, 1.54) is 5.56 Å². The van der Waals surface area contributed by atoms with E-state index in [2.05, 4.69) is 29.4 Å². The van der Waals surface area contributed by atoms with Crippen molar-refractivity contribution in [3.8, 4) is 5.75 Å². The molecule has 4 heteroatoms. The number of hydrogen-bond donors (Lipinski definition) is 1. The molecule has 0 fully saturated rings. The number of aromatic nitrogens is 1. The topological polar surface area (TPSA) is 34.1 Å². The third kappa shape index (κ3) is 3.75. The van der Waals surface area contributed by atoms with Crippen molar-refractivity contribution in [3.05, 3.63) is 41.4 Å². The summed E-state index contributed by atoms with van der Waals surface area (Å²) in [6.45, 7) is 3.67. The number of benzene rings is 1. The highest BCUT2D eigenvalue weighted by Crippen LogP contribution is 2.15. The molecule has 0 aliphatic rings. The summed E-state index contributed by atoms with van der Waals surface area (Å²) < 4.78 is 5.53. The van der Waals surface area contributed by atoms with Gasteiger partial charge in [0, 0.05) is 18.1 Å². The number of nitrogens with one attached hydrogen (secondary N) is 1. The van der Waals surface area contributed by atoms with E-state index >= 15 is 0 Å². The van der Waals surface area contributed by atoms with Gasteiger partial charge in [-0.3, -0.25) is 0 Å². The molecule has 0 radical (unpaired) electrons. The SMILES string of the molecule is CCCOc1ccc(CNc2nccs2)cc1. The molecule has 1 aromatic heterocycles. The summed E-state index contributed by atoms with van der Waals surface area (Å²) >= 11 is 1.61. The summed E-state index contributed by atoms with van der Waals surface area (Å²) in [5.74, 6) is 0.935. The molecule has 0 saturated heterocycles. The first kappa shape index (κ1) is 11.9. The Hall–Kier alpha value is -1.55. The lowest BCUT2D eigenvalue weighted by molar-refractivity contribution is 0.317. The predicted octanol–water partition coefficient (Wildman–Crippen LogP) is 3.54. The molecule has 1 aromatic carbocycles. The molecule has 1 N–H and O–H groups in total. The number of rotatable bonds is 6. The van der Waals surface area contributed by atoms with Crippen LogP contribution >= 0.6 is 11.3 Å². The molecule has 2 aromatic rings. The monoisotopic (exact) mass is 248 g/mol. The second-order valence-electron chi connectivity index (χ2n) is 3.68. The van der Waals surface area contributed by atoms with E-state index in [4.69, 9.17) is 4.74 Å². The maximum Gasteiger partial charge on any atom is 0.182 e. The average molecular weight is 248 g/mol. The van der Waals surface area contributed by atoms with Gasteiger partial charge in [-0.1, -0.05) is 19.1 Å². The normalized spacial score (nSPS) is 10.2. The number of anilines is 1. The Morgan fingerprint density at radius 3 is 2.76 bits per heavy atom. The maximum absolute atomic E-state index is 5.53. The number of hydrogen-bond acceptors (Lipinski definition) is 4. The van der Waals surface area contributed by atoms with Crippen molar-refractivity contribution in [2.24, 2.45) is 0 Å². The lowest BCUT2D eigenvalue weighted by atomic mass is 10.2. The van der Waals surface area contributed by atoms with Crippen LogP contribution in [0.3, 0.4) is 0 Å². The summed E-state index contributed by atoms with van der Waals surface area (Å²) in [6.07, 6.45) is 2.84. The van der Waals surface area contributed by atoms with Crippen molar-refractivity contribution in [3.63, 3.8) is 0 Å². The van der Waals surface area contributed by atoms with E-state index in [-0.39, 0.29) is 0 Å². The van der Waals surface area contributed by atoms with Crippen molar-refractivity contribution in [2.75, 3.05) is 11.9 Å². The van der Waals surface area contributed by atoms with Crippen molar-refractivity contribution in [1.29, 1.82) is 0 Å². The third-order valence-electron chi connectivity index (χ3n) is 2.27. The number of nitrogens with zero attached hydrogens (tertiary/aromatic N) is 1. The fourth-order valence-electron chi connectivity index (χ4n) is 1.41. The first-order chi connectivity index (χ1) is 8.38. The minimum Gasteiger partial charge on any atom is -0.494 e. The van der Waals surface area contributed by atoms with E-state index in [1.807, 2.05) is 17.5 Å².